The number of nitrogens with two attached hydrogens (primary N) is 1. The molecule has 12 heteroatoms. The first kappa shape index (κ1) is 31.3. The second-order valence-corrected chi connectivity index (χ2v) is 14.3. The van der Waals surface area contributed by atoms with Crippen molar-refractivity contribution in [3.8, 4) is 0 Å². The second kappa shape index (κ2) is 12.8. The summed E-state index contributed by atoms with van der Waals surface area (Å²) in [5.41, 5.74) is 7.90. The molecule has 0 atom stereocenters. The lowest BCUT2D eigenvalue weighted by molar-refractivity contribution is 0.586. The summed E-state index contributed by atoms with van der Waals surface area (Å²) in [7, 11) is -6.78. The quantitative estimate of drug-likeness (QED) is 0.224. The SMILES string of the molecule is C=Cc1ccc(S(=O)(=O)C(C)C)c(N)c1.C=Cc1ccc(S(=O)(=O)C(C)C)c(Nc2nc(Cl)ncc2Cl)c1. The molecule has 3 aromatic rings. The lowest BCUT2D eigenvalue weighted by Gasteiger charge is -2.15. The third-order valence-electron chi connectivity index (χ3n) is 5.33. The molecule has 0 amide bonds. The molecule has 204 valence electrons. The number of aromatic nitrogens is 2. The van der Waals surface area contributed by atoms with Crippen molar-refractivity contribution in [1.29, 1.82) is 0 Å². The summed E-state index contributed by atoms with van der Waals surface area (Å²) in [4.78, 5) is 8.10. The first-order valence-corrected chi connectivity index (χ1v) is 15.2. The molecule has 0 spiro atoms. The summed E-state index contributed by atoms with van der Waals surface area (Å²) < 4.78 is 48.8. The number of anilines is 3. The van der Waals surface area contributed by atoms with Crippen LogP contribution in [0.15, 0.2) is 65.5 Å². The highest BCUT2D eigenvalue weighted by Crippen LogP contribution is 2.31. The first-order chi connectivity index (χ1) is 17.6. The van der Waals surface area contributed by atoms with Crippen LogP contribution in [0.1, 0.15) is 38.8 Å². The molecule has 1 heterocycles. The molecule has 3 N–H and O–H groups in total. The Morgan fingerprint density at radius 3 is 1.87 bits per heavy atom. The van der Waals surface area contributed by atoms with Gasteiger partial charge in [-0.05, 0) is 74.7 Å². The molecule has 3 rings (SSSR count). The number of benzene rings is 2. The topological polar surface area (TPSA) is 132 Å². The van der Waals surface area contributed by atoms with Crippen LogP contribution >= 0.6 is 23.2 Å². The van der Waals surface area contributed by atoms with Crippen LogP contribution < -0.4 is 11.1 Å². The molecular weight excluding hydrogens is 567 g/mol. The van der Waals surface area contributed by atoms with Gasteiger partial charge in [0.05, 0.1) is 37.9 Å². The number of halogens is 2. The largest absolute Gasteiger partial charge is 0.398 e. The molecule has 0 saturated heterocycles. The van der Waals surface area contributed by atoms with Crippen molar-refractivity contribution in [2.45, 2.75) is 48.0 Å². The van der Waals surface area contributed by atoms with Crippen molar-refractivity contribution in [2.75, 3.05) is 11.1 Å². The zero-order valence-corrected chi connectivity index (χ0v) is 24.6. The maximum Gasteiger partial charge on any atom is 0.224 e. The van der Waals surface area contributed by atoms with Crippen LogP contribution in [0.5, 0.6) is 0 Å². The molecule has 1 aromatic heterocycles. The Hall–Kier alpha value is -2.92. The zero-order chi connectivity index (χ0) is 28.8. The maximum atomic E-state index is 12.5. The van der Waals surface area contributed by atoms with E-state index in [9.17, 15) is 16.8 Å². The fraction of sp³-hybridized carbons (Fsp3) is 0.231. The van der Waals surface area contributed by atoms with E-state index in [0.717, 1.165) is 11.1 Å². The highest BCUT2D eigenvalue weighted by molar-refractivity contribution is 7.92. The van der Waals surface area contributed by atoms with Crippen molar-refractivity contribution in [1.82, 2.24) is 9.97 Å². The van der Waals surface area contributed by atoms with E-state index in [1.807, 2.05) is 0 Å². The molecule has 2 aromatic carbocycles. The van der Waals surface area contributed by atoms with Gasteiger partial charge in [-0.3, -0.25) is 0 Å². The second-order valence-electron chi connectivity index (χ2n) is 8.61. The van der Waals surface area contributed by atoms with E-state index >= 15 is 0 Å². The van der Waals surface area contributed by atoms with Crippen LogP contribution in [-0.2, 0) is 19.7 Å². The molecule has 0 saturated carbocycles. The molecule has 0 bridgehead atoms. The third kappa shape index (κ3) is 7.35. The van der Waals surface area contributed by atoms with Crippen LogP contribution in [0.4, 0.5) is 17.2 Å². The fourth-order valence-electron chi connectivity index (χ4n) is 3.04. The number of sulfone groups is 2. The Morgan fingerprint density at radius 1 is 0.868 bits per heavy atom. The summed E-state index contributed by atoms with van der Waals surface area (Å²) in [6.45, 7) is 13.8. The van der Waals surface area contributed by atoms with Gasteiger partial charge in [0.1, 0.15) is 5.02 Å². The molecule has 0 aliphatic heterocycles. The lowest BCUT2D eigenvalue weighted by Crippen LogP contribution is -2.16. The van der Waals surface area contributed by atoms with E-state index in [0.29, 0.717) is 5.69 Å². The van der Waals surface area contributed by atoms with Gasteiger partial charge in [-0.2, -0.15) is 4.98 Å². The number of hydrogen-bond acceptors (Lipinski definition) is 8. The Kier molecular flexibility index (Phi) is 10.5. The van der Waals surface area contributed by atoms with E-state index in [-0.39, 0.29) is 31.6 Å². The molecule has 0 radical (unpaired) electrons. The summed E-state index contributed by atoms with van der Waals surface area (Å²) in [5, 5.41) is 2.12. The molecule has 0 aliphatic carbocycles. The minimum Gasteiger partial charge on any atom is -0.398 e. The maximum absolute atomic E-state index is 12.5. The molecule has 0 aliphatic rings. The van der Waals surface area contributed by atoms with Gasteiger partial charge in [0, 0.05) is 0 Å². The average molecular weight is 598 g/mol. The predicted octanol–water partition coefficient (Wildman–Crippen LogP) is 6.45. The van der Waals surface area contributed by atoms with Crippen LogP contribution in [0.3, 0.4) is 0 Å². The summed E-state index contributed by atoms with van der Waals surface area (Å²) >= 11 is 11.8. The number of nitrogens with zero attached hydrogens (tertiary/aromatic N) is 2. The van der Waals surface area contributed by atoms with Gasteiger partial charge in [0.25, 0.3) is 0 Å². The van der Waals surface area contributed by atoms with Crippen molar-refractivity contribution >= 4 is 72.2 Å². The number of nitrogen functional groups attached to an aromatic ring is 1. The van der Waals surface area contributed by atoms with Crippen molar-refractivity contribution in [2.24, 2.45) is 0 Å². The Balaban J connectivity index is 0.000000293. The van der Waals surface area contributed by atoms with Crippen LogP contribution in [0.2, 0.25) is 10.3 Å². The van der Waals surface area contributed by atoms with Gasteiger partial charge in [-0.15, -0.1) is 0 Å². The van der Waals surface area contributed by atoms with E-state index in [1.165, 1.54) is 18.3 Å². The fourth-order valence-corrected chi connectivity index (χ4v) is 5.65. The average Bonchev–Trinajstić information content (AvgIpc) is 2.86. The van der Waals surface area contributed by atoms with Crippen LogP contribution in [0, 0.1) is 0 Å². The van der Waals surface area contributed by atoms with Crippen molar-refractivity contribution in [3.63, 3.8) is 0 Å². The third-order valence-corrected chi connectivity index (χ3v) is 10.2. The molecular formula is C26H30Cl2N4O4S2. The Labute approximate surface area is 234 Å². The van der Waals surface area contributed by atoms with Gasteiger partial charge < -0.3 is 11.1 Å². The van der Waals surface area contributed by atoms with Crippen LogP contribution in [-0.4, -0.2) is 37.3 Å². The van der Waals surface area contributed by atoms with E-state index < -0.39 is 30.2 Å². The minimum absolute atomic E-state index is 0.00467. The number of rotatable bonds is 8. The number of hydrogen-bond donors (Lipinski definition) is 2. The summed E-state index contributed by atoms with van der Waals surface area (Å²) in [6.07, 6.45) is 4.58. The normalized spacial score (nSPS) is 11.6. The Bertz CT molecular complexity index is 1560. The van der Waals surface area contributed by atoms with Gasteiger partial charge in [-0.1, -0.05) is 49.0 Å². The van der Waals surface area contributed by atoms with Crippen LogP contribution in [0.25, 0.3) is 12.2 Å². The van der Waals surface area contributed by atoms with Gasteiger partial charge in [0.2, 0.25) is 5.28 Å². The molecule has 38 heavy (non-hydrogen) atoms. The highest BCUT2D eigenvalue weighted by atomic mass is 35.5. The predicted molar refractivity (Wildman–Crippen MR) is 157 cm³/mol. The lowest BCUT2D eigenvalue weighted by atomic mass is 10.2. The number of nitrogens with one attached hydrogen (secondary N) is 1. The van der Waals surface area contributed by atoms with Gasteiger partial charge >= 0.3 is 0 Å². The molecule has 0 fully saturated rings. The molecule has 0 unspecified atom stereocenters. The molecule has 8 nitrogen and oxygen atoms in total. The first-order valence-electron chi connectivity index (χ1n) is 11.4. The smallest absolute Gasteiger partial charge is 0.224 e. The Morgan fingerprint density at radius 2 is 1.37 bits per heavy atom. The monoisotopic (exact) mass is 596 g/mol. The van der Waals surface area contributed by atoms with Crippen molar-refractivity contribution in [3.05, 3.63) is 77.2 Å². The highest BCUT2D eigenvalue weighted by Gasteiger charge is 2.24. The zero-order valence-electron chi connectivity index (χ0n) is 21.4. The summed E-state index contributed by atoms with van der Waals surface area (Å²) in [6, 6.07) is 9.71. The minimum atomic E-state index is -3.49. The van der Waals surface area contributed by atoms with E-state index in [1.54, 1.807) is 64.1 Å². The van der Waals surface area contributed by atoms with E-state index in [4.69, 9.17) is 28.9 Å². The standard InChI is InChI=1S/C15H15Cl2N3O2S.C11H15NO2S/c1-4-10-5-6-13(23(21,22)9(2)3)12(7-10)19-14-11(16)8-18-15(17)20-14;1-4-9-5-6-11(10(12)7-9)15(13,14)8(2)3/h4-9H,1H2,2-3H3,(H,18,19,20);4-8H,1,12H2,2-3H3. The van der Waals surface area contributed by atoms with E-state index in [2.05, 4.69) is 28.4 Å². The van der Waals surface area contributed by atoms with Gasteiger partial charge in [0.15, 0.2) is 25.5 Å². The van der Waals surface area contributed by atoms with Crippen molar-refractivity contribution < 1.29 is 16.8 Å². The van der Waals surface area contributed by atoms with Gasteiger partial charge in [-0.25, -0.2) is 21.8 Å². The summed E-state index contributed by atoms with van der Waals surface area (Å²) in [5.74, 6) is 0.230.